The summed E-state index contributed by atoms with van der Waals surface area (Å²) in [5.41, 5.74) is 5.76. The zero-order valence-corrected chi connectivity index (χ0v) is 9.02. The lowest BCUT2D eigenvalue weighted by Gasteiger charge is -2.21. The van der Waals surface area contributed by atoms with Crippen LogP contribution in [0.4, 0.5) is 8.96 Å². The quantitative estimate of drug-likeness (QED) is 0.518. The van der Waals surface area contributed by atoms with Crippen molar-refractivity contribution in [1.29, 1.82) is 0 Å². The molecule has 0 aliphatic heterocycles. The molecule has 0 spiro atoms. The van der Waals surface area contributed by atoms with E-state index in [1.54, 1.807) is 0 Å². The van der Waals surface area contributed by atoms with Gasteiger partial charge in [0.1, 0.15) is 6.04 Å². The molecule has 0 fully saturated rings. The highest BCUT2D eigenvalue weighted by atomic mass is 19.2. The van der Waals surface area contributed by atoms with Crippen LogP contribution in [0.3, 0.4) is 0 Å². The molecule has 0 saturated heterocycles. The molecule has 2 atom stereocenters. The van der Waals surface area contributed by atoms with Crippen LogP contribution >= 0.6 is 0 Å². The molecule has 2 unspecified atom stereocenters. The summed E-state index contributed by atoms with van der Waals surface area (Å²) in [6.45, 7) is 1.02. The van der Waals surface area contributed by atoms with Crippen LogP contribution < -0.4 is 11.3 Å². The summed E-state index contributed by atoms with van der Waals surface area (Å²) in [6, 6.07) is -3.39. The monoisotopic (exact) mass is 253 g/mol. The maximum absolute atomic E-state index is 13.3. The van der Waals surface area contributed by atoms with E-state index >= 15 is 0 Å². The first-order valence-electron chi connectivity index (χ1n) is 4.67. The highest BCUT2D eigenvalue weighted by Gasteiger charge is 2.33. The second-order valence-electron chi connectivity index (χ2n) is 3.34. The lowest BCUT2D eigenvalue weighted by atomic mass is 10.1. The predicted molar refractivity (Wildman–Crippen MR) is 51.5 cm³/mol. The van der Waals surface area contributed by atoms with E-state index in [4.69, 9.17) is 10.8 Å². The van der Waals surface area contributed by atoms with E-state index in [1.165, 1.54) is 0 Å². The molecule has 0 aromatic heterocycles. The van der Waals surface area contributed by atoms with Gasteiger partial charge in [-0.1, -0.05) is 4.48 Å². The number of nitrogens with two attached hydrogens (primary N) is 1. The van der Waals surface area contributed by atoms with Gasteiger partial charge in [0, 0.05) is 6.42 Å². The number of hydrogen-bond acceptors (Lipinski definition) is 4. The van der Waals surface area contributed by atoms with Crippen molar-refractivity contribution in [2.75, 3.05) is 0 Å². The maximum atomic E-state index is 13.3. The number of halogens is 2. The average molecular weight is 253 g/mol. The number of primary amides is 1. The van der Waals surface area contributed by atoms with Crippen LogP contribution in [-0.4, -0.2) is 40.1 Å². The second-order valence-corrected chi connectivity index (χ2v) is 3.34. The van der Waals surface area contributed by atoms with Crippen molar-refractivity contribution in [3.63, 3.8) is 0 Å². The number of nitrogens with one attached hydrogen (secondary N) is 1. The highest BCUT2D eigenvalue weighted by molar-refractivity contribution is 5.86. The SMILES string of the molecule is CC(NF)C(=O)N(F)C(CCC(N)=O)C(=O)O. The third kappa shape index (κ3) is 4.72. The number of rotatable bonds is 7. The van der Waals surface area contributed by atoms with Gasteiger partial charge in [-0.3, -0.25) is 9.59 Å². The molecule has 17 heavy (non-hydrogen) atoms. The van der Waals surface area contributed by atoms with Gasteiger partial charge in [0.2, 0.25) is 5.91 Å². The maximum Gasteiger partial charge on any atom is 0.329 e. The molecule has 0 aromatic carbocycles. The van der Waals surface area contributed by atoms with Crippen molar-refractivity contribution in [2.24, 2.45) is 5.73 Å². The molecule has 9 heteroatoms. The fourth-order valence-electron chi connectivity index (χ4n) is 0.998. The van der Waals surface area contributed by atoms with Gasteiger partial charge in [0.15, 0.2) is 6.04 Å². The summed E-state index contributed by atoms with van der Waals surface area (Å²) in [6.07, 6.45) is -0.881. The van der Waals surface area contributed by atoms with Gasteiger partial charge in [0.05, 0.1) is 0 Å². The van der Waals surface area contributed by atoms with Crippen LogP contribution in [0, 0.1) is 0 Å². The van der Waals surface area contributed by atoms with Crippen molar-refractivity contribution in [1.82, 2.24) is 10.7 Å². The smallest absolute Gasteiger partial charge is 0.329 e. The van der Waals surface area contributed by atoms with Gasteiger partial charge >= 0.3 is 5.97 Å². The molecule has 4 N–H and O–H groups in total. The summed E-state index contributed by atoms with van der Waals surface area (Å²) >= 11 is 0. The van der Waals surface area contributed by atoms with Crippen molar-refractivity contribution >= 4 is 17.8 Å². The Kier molecular flexibility index (Phi) is 6.03. The Bertz CT molecular complexity index is 313. The third-order valence-corrected chi connectivity index (χ3v) is 1.97. The molecule has 2 amide bonds. The molecule has 0 bridgehead atoms. The number of aliphatic carboxylic acids is 1. The van der Waals surface area contributed by atoms with Gasteiger partial charge in [0.25, 0.3) is 5.91 Å². The van der Waals surface area contributed by atoms with Gasteiger partial charge < -0.3 is 10.8 Å². The number of carbonyl (C=O) groups is 3. The van der Waals surface area contributed by atoms with Crippen molar-refractivity contribution < 1.29 is 28.5 Å². The largest absolute Gasteiger partial charge is 0.480 e. The molecule has 98 valence electrons. The summed E-state index contributed by atoms with van der Waals surface area (Å²) in [5, 5.41) is 8.04. The predicted octanol–water partition coefficient (Wildman–Crippen LogP) is -0.719. The van der Waals surface area contributed by atoms with Crippen molar-refractivity contribution in [3.8, 4) is 0 Å². The third-order valence-electron chi connectivity index (χ3n) is 1.97. The summed E-state index contributed by atoms with van der Waals surface area (Å²) in [5.74, 6) is -3.86. The Morgan fingerprint density at radius 3 is 2.35 bits per heavy atom. The molecular formula is C8H13F2N3O4. The first-order chi connectivity index (χ1) is 7.81. The molecule has 0 aliphatic carbocycles. The Morgan fingerprint density at radius 1 is 1.47 bits per heavy atom. The number of carboxylic acid groups (broad SMARTS) is 1. The van der Waals surface area contributed by atoms with E-state index in [1.807, 2.05) is 0 Å². The second kappa shape index (κ2) is 6.74. The molecular weight excluding hydrogens is 240 g/mol. The lowest BCUT2D eigenvalue weighted by molar-refractivity contribution is -0.168. The zero-order chi connectivity index (χ0) is 13.6. The van der Waals surface area contributed by atoms with Crippen LogP contribution in [0.5, 0.6) is 0 Å². The fourth-order valence-corrected chi connectivity index (χ4v) is 0.998. The minimum atomic E-state index is -1.87. The van der Waals surface area contributed by atoms with E-state index in [0.717, 1.165) is 12.5 Å². The van der Waals surface area contributed by atoms with E-state index in [9.17, 15) is 23.3 Å². The van der Waals surface area contributed by atoms with Crippen LogP contribution in [-0.2, 0) is 14.4 Å². The first kappa shape index (κ1) is 15.2. The van der Waals surface area contributed by atoms with E-state index in [2.05, 4.69) is 0 Å². The van der Waals surface area contributed by atoms with Gasteiger partial charge in [-0.2, -0.15) is 5.12 Å². The van der Waals surface area contributed by atoms with E-state index in [-0.39, 0.29) is 0 Å². The number of amides is 2. The highest BCUT2D eigenvalue weighted by Crippen LogP contribution is 2.10. The minimum Gasteiger partial charge on any atom is -0.480 e. The van der Waals surface area contributed by atoms with Crippen LogP contribution in [0.1, 0.15) is 19.8 Å². The van der Waals surface area contributed by atoms with Crippen LogP contribution in [0.25, 0.3) is 0 Å². The fraction of sp³-hybridized carbons (Fsp3) is 0.625. The van der Waals surface area contributed by atoms with E-state index < -0.39 is 47.8 Å². The summed E-state index contributed by atoms with van der Waals surface area (Å²) in [4.78, 5) is 32.2. The molecule has 0 aliphatic rings. The Balaban J connectivity index is 4.64. The standard InChI is InChI=1S/C8H13F2N3O4/c1-4(12-9)7(15)13(10)5(8(16)17)2-3-6(11)14/h4-5,12H,2-3H2,1H3,(H2,11,14)(H,16,17). The summed E-state index contributed by atoms with van der Waals surface area (Å²) in [7, 11) is 0. The van der Waals surface area contributed by atoms with Gasteiger partial charge in [-0.05, 0) is 13.3 Å². The normalized spacial score (nSPS) is 13.8. The van der Waals surface area contributed by atoms with Gasteiger partial charge in [-0.15, -0.1) is 10.0 Å². The molecule has 0 radical (unpaired) electrons. The topological polar surface area (TPSA) is 113 Å². The van der Waals surface area contributed by atoms with E-state index in [0.29, 0.717) is 0 Å². The molecule has 0 aromatic rings. The zero-order valence-electron chi connectivity index (χ0n) is 9.02. The molecule has 7 nitrogen and oxygen atoms in total. The van der Waals surface area contributed by atoms with Crippen molar-refractivity contribution in [3.05, 3.63) is 0 Å². The Labute approximate surface area is 95.4 Å². The van der Waals surface area contributed by atoms with Crippen LogP contribution in [0.2, 0.25) is 0 Å². The number of hydrogen-bond donors (Lipinski definition) is 3. The molecule has 0 heterocycles. The van der Waals surface area contributed by atoms with Crippen molar-refractivity contribution in [2.45, 2.75) is 31.8 Å². The molecule has 0 rings (SSSR count). The van der Waals surface area contributed by atoms with Gasteiger partial charge in [-0.25, -0.2) is 4.79 Å². The lowest BCUT2D eigenvalue weighted by Crippen LogP contribution is -2.46. The summed E-state index contributed by atoms with van der Waals surface area (Å²) < 4.78 is 25.2. The first-order valence-corrected chi connectivity index (χ1v) is 4.67. The number of carboxylic acids is 1. The Morgan fingerprint density at radius 2 is 2.00 bits per heavy atom. The number of nitrogens with zero attached hydrogens (tertiary/aromatic N) is 1. The van der Waals surface area contributed by atoms with Crippen LogP contribution in [0.15, 0.2) is 0 Å². The number of carbonyl (C=O) groups excluding carboxylic acids is 2. The Hall–Kier alpha value is -1.77. The minimum absolute atomic E-state index is 0.401. The molecule has 0 saturated carbocycles. The average Bonchev–Trinajstić information content (AvgIpc) is 2.25.